The molecule has 5 nitrogen and oxygen atoms in total. The first-order chi connectivity index (χ1) is 8.25. The van der Waals surface area contributed by atoms with Crippen LogP contribution in [0.1, 0.15) is 49.0 Å². The van der Waals surface area contributed by atoms with Crippen LogP contribution in [-0.2, 0) is 0 Å². The maximum Gasteiger partial charge on any atom is 0.234 e. The van der Waals surface area contributed by atoms with Crippen molar-refractivity contribution in [1.82, 2.24) is 19.8 Å². The van der Waals surface area contributed by atoms with Crippen LogP contribution in [0.25, 0.3) is 4.96 Å². The van der Waals surface area contributed by atoms with E-state index in [4.69, 9.17) is 5.73 Å². The van der Waals surface area contributed by atoms with Gasteiger partial charge in [0.05, 0.1) is 6.04 Å². The summed E-state index contributed by atoms with van der Waals surface area (Å²) in [5.41, 5.74) is 6.33. The fourth-order valence-electron chi connectivity index (χ4n) is 2.56. The lowest BCUT2D eigenvalue weighted by Gasteiger charge is -2.25. The van der Waals surface area contributed by atoms with Crippen molar-refractivity contribution < 1.29 is 0 Å². The summed E-state index contributed by atoms with van der Waals surface area (Å²) in [6.45, 7) is 1.91. The molecule has 1 aliphatic carbocycles. The highest BCUT2D eigenvalue weighted by Crippen LogP contribution is 2.34. The van der Waals surface area contributed by atoms with Crippen molar-refractivity contribution in [3.05, 3.63) is 10.8 Å². The van der Waals surface area contributed by atoms with E-state index in [0.717, 1.165) is 15.8 Å². The zero-order valence-corrected chi connectivity index (χ0v) is 10.8. The number of nitrogens with two attached hydrogens (primary N) is 1. The fraction of sp³-hybridized carbons (Fsp3) is 0.727. The largest absolute Gasteiger partial charge is 0.322 e. The third-order valence-electron chi connectivity index (χ3n) is 3.61. The predicted octanol–water partition coefficient (Wildman–Crippen LogP) is 2.07. The first kappa shape index (κ1) is 11.1. The van der Waals surface area contributed by atoms with Crippen molar-refractivity contribution in [1.29, 1.82) is 0 Å². The Morgan fingerprint density at radius 2 is 2.06 bits per heavy atom. The number of aromatic nitrogens is 4. The molecule has 0 bridgehead atoms. The van der Waals surface area contributed by atoms with Crippen LogP contribution in [-0.4, -0.2) is 19.8 Å². The third-order valence-corrected chi connectivity index (χ3v) is 4.61. The summed E-state index contributed by atoms with van der Waals surface area (Å²) in [5.74, 6) is 1.42. The fourth-order valence-corrected chi connectivity index (χ4v) is 3.54. The molecule has 2 heterocycles. The van der Waals surface area contributed by atoms with Crippen LogP contribution in [0.4, 0.5) is 0 Å². The van der Waals surface area contributed by atoms with Crippen molar-refractivity contribution in [2.24, 2.45) is 11.7 Å². The van der Waals surface area contributed by atoms with E-state index < -0.39 is 0 Å². The first-order valence-corrected chi connectivity index (χ1v) is 7.01. The molecule has 0 saturated heterocycles. The van der Waals surface area contributed by atoms with Crippen LogP contribution in [0.5, 0.6) is 0 Å². The monoisotopic (exact) mass is 251 g/mol. The standard InChI is InChI=1S/C11H17N5S/c1-7-13-14-11-16(7)15-10(17-11)9(12)8-5-3-2-4-6-8/h8-9H,2-6,12H2,1H3. The van der Waals surface area contributed by atoms with Gasteiger partial charge in [-0.1, -0.05) is 30.6 Å². The summed E-state index contributed by atoms with van der Waals surface area (Å²) < 4.78 is 1.79. The molecule has 1 atom stereocenters. The Morgan fingerprint density at radius 1 is 1.29 bits per heavy atom. The molecule has 92 valence electrons. The summed E-state index contributed by atoms with van der Waals surface area (Å²) >= 11 is 1.57. The Bertz CT molecular complexity index is 511. The Hall–Kier alpha value is -1.01. The minimum Gasteiger partial charge on any atom is -0.322 e. The van der Waals surface area contributed by atoms with E-state index in [-0.39, 0.29) is 6.04 Å². The molecule has 1 aliphatic rings. The Morgan fingerprint density at radius 3 is 2.76 bits per heavy atom. The van der Waals surface area contributed by atoms with Crippen LogP contribution in [0.2, 0.25) is 0 Å². The van der Waals surface area contributed by atoms with Gasteiger partial charge >= 0.3 is 0 Å². The highest BCUT2D eigenvalue weighted by atomic mass is 32.1. The molecule has 3 rings (SSSR count). The van der Waals surface area contributed by atoms with Gasteiger partial charge in [0, 0.05) is 0 Å². The highest BCUT2D eigenvalue weighted by molar-refractivity contribution is 7.16. The van der Waals surface area contributed by atoms with E-state index in [1.54, 1.807) is 15.9 Å². The molecule has 2 aromatic rings. The topological polar surface area (TPSA) is 69.1 Å². The molecule has 0 aliphatic heterocycles. The quantitative estimate of drug-likeness (QED) is 0.887. The van der Waals surface area contributed by atoms with E-state index in [0.29, 0.717) is 5.92 Å². The lowest BCUT2D eigenvalue weighted by atomic mass is 9.84. The second-order valence-corrected chi connectivity index (χ2v) is 5.79. The average Bonchev–Trinajstić information content (AvgIpc) is 2.92. The maximum absolute atomic E-state index is 6.33. The smallest absolute Gasteiger partial charge is 0.234 e. The van der Waals surface area contributed by atoms with E-state index >= 15 is 0 Å². The molecule has 2 N–H and O–H groups in total. The normalized spacial score (nSPS) is 19.9. The van der Waals surface area contributed by atoms with Crippen molar-refractivity contribution in [2.45, 2.75) is 45.1 Å². The summed E-state index contributed by atoms with van der Waals surface area (Å²) in [4.78, 5) is 0.851. The summed E-state index contributed by atoms with van der Waals surface area (Å²) in [6.07, 6.45) is 6.44. The molecule has 17 heavy (non-hydrogen) atoms. The van der Waals surface area contributed by atoms with E-state index in [9.17, 15) is 0 Å². The number of hydrogen-bond donors (Lipinski definition) is 1. The van der Waals surface area contributed by atoms with Crippen LogP contribution >= 0.6 is 11.3 Å². The van der Waals surface area contributed by atoms with Gasteiger partial charge in [-0.15, -0.1) is 10.2 Å². The zero-order valence-electron chi connectivity index (χ0n) is 9.96. The van der Waals surface area contributed by atoms with Crippen molar-refractivity contribution in [2.75, 3.05) is 0 Å². The van der Waals surface area contributed by atoms with Gasteiger partial charge in [0.25, 0.3) is 0 Å². The molecule has 0 amide bonds. The second kappa shape index (κ2) is 4.34. The number of aryl methyl sites for hydroxylation is 1. The molecule has 0 aromatic carbocycles. The summed E-state index contributed by atoms with van der Waals surface area (Å²) in [5, 5.41) is 13.6. The number of rotatable bonds is 2. The Kier molecular flexibility index (Phi) is 2.84. The minimum atomic E-state index is 0.0707. The first-order valence-electron chi connectivity index (χ1n) is 6.20. The zero-order chi connectivity index (χ0) is 11.8. The molecule has 1 saturated carbocycles. The predicted molar refractivity (Wildman–Crippen MR) is 66.9 cm³/mol. The van der Waals surface area contributed by atoms with Crippen molar-refractivity contribution >= 4 is 16.3 Å². The van der Waals surface area contributed by atoms with Gasteiger partial charge in [-0.2, -0.15) is 9.61 Å². The van der Waals surface area contributed by atoms with Gasteiger partial charge in [0.2, 0.25) is 4.96 Å². The highest BCUT2D eigenvalue weighted by Gasteiger charge is 2.25. The Labute approximate surface area is 104 Å². The van der Waals surface area contributed by atoms with Crippen LogP contribution in [0.15, 0.2) is 0 Å². The average molecular weight is 251 g/mol. The minimum absolute atomic E-state index is 0.0707. The maximum atomic E-state index is 6.33. The molecule has 2 aromatic heterocycles. The van der Waals surface area contributed by atoms with Gasteiger partial charge in [-0.05, 0) is 25.7 Å². The van der Waals surface area contributed by atoms with Crippen LogP contribution < -0.4 is 5.73 Å². The Balaban J connectivity index is 1.86. The lowest BCUT2D eigenvalue weighted by molar-refractivity contribution is 0.306. The van der Waals surface area contributed by atoms with E-state index in [1.807, 2.05) is 6.92 Å². The van der Waals surface area contributed by atoms with Gasteiger partial charge in [-0.25, -0.2) is 0 Å². The third kappa shape index (κ3) is 1.95. The summed E-state index contributed by atoms with van der Waals surface area (Å²) in [6, 6.07) is 0.0707. The van der Waals surface area contributed by atoms with Crippen LogP contribution in [0, 0.1) is 12.8 Å². The molecular weight excluding hydrogens is 234 g/mol. The van der Waals surface area contributed by atoms with E-state index in [1.165, 1.54) is 32.1 Å². The molecule has 0 spiro atoms. The molecule has 1 unspecified atom stereocenters. The number of fused-ring (bicyclic) bond motifs is 1. The van der Waals surface area contributed by atoms with Gasteiger partial charge in [0.15, 0.2) is 5.82 Å². The molecular formula is C11H17N5S. The van der Waals surface area contributed by atoms with Gasteiger partial charge in [0.1, 0.15) is 5.01 Å². The molecule has 0 radical (unpaired) electrons. The number of nitrogens with zero attached hydrogens (tertiary/aromatic N) is 4. The van der Waals surface area contributed by atoms with E-state index in [2.05, 4.69) is 15.3 Å². The van der Waals surface area contributed by atoms with Gasteiger partial charge < -0.3 is 5.73 Å². The summed E-state index contributed by atoms with van der Waals surface area (Å²) in [7, 11) is 0. The number of hydrogen-bond acceptors (Lipinski definition) is 5. The van der Waals surface area contributed by atoms with Crippen molar-refractivity contribution in [3.8, 4) is 0 Å². The second-order valence-electron chi connectivity index (χ2n) is 4.81. The SMILES string of the molecule is Cc1nnc2sc(C(N)C3CCCCC3)nn12. The van der Waals surface area contributed by atoms with Gasteiger partial charge in [-0.3, -0.25) is 0 Å². The molecule has 6 heteroatoms. The molecule has 1 fully saturated rings. The van der Waals surface area contributed by atoms with Crippen LogP contribution in [0.3, 0.4) is 0 Å². The van der Waals surface area contributed by atoms with Crippen molar-refractivity contribution in [3.63, 3.8) is 0 Å². The lowest BCUT2D eigenvalue weighted by Crippen LogP contribution is -2.23.